The average molecular weight is 524 g/mol. The maximum atomic E-state index is 14.1. The monoisotopic (exact) mass is 523 g/mol. The summed E-state index contributed by atoms with van der Waals surface area (Å²) >= 11 is 0. The fourth-order valence-electron chi connectivity index (χ4n) is 4.22. The van der Waals surface area contributed by atoms with Gasteiger partial charge in [-0.05, 0) is 51.2 Å². The zero-order valence-corrected chi connectivity index (χ0v) is 24.0. The second kappa shape index (κ2) is 14.6. The lowest BCUT2D eigenvalue weighted by molar-refractivity contribution is -0.143. The molecule has 0 spiro atoms. The van der Waals surface area contributed by atoms with Crippen LogP contribution in [0.3, 0.4) is 0 Å². The second-order valence-electron chi connectivity index (χ2n) is 11.1. The molecule has 7 nitrogen and oxygen atoms in total. The summed E-state index contributed by atoms with van der Waals surface area (Å²) in [5.41, 5.74) is 2.01. The number of carbonyl (C=O) groups is 3. The van der Waals surface area contributed by atoms with E-state index in [0.29, 0.717) is 13.1 Å². The number of aryl methyl sites for hydroxylation is 1. The van der Waals surface area contributed by atoms with Gasteiger partial charge in [0.2, 0.25) is 11.8 Å². The van der Waals surface area contributed by atoms with Crippen LogP contribution in [0.2, 0.25) is 0 Å². The third-order valence-corrected chi connectivity index (χ3v) is 6.12. The van der Waals surface area contributed by atoms with Crippen molar-refractivity contribution in [3.63, 3.8) is 0 Å². The van der Waals surface area contributed by atoms with E-state index >= 15 is 0 Å². The molecule has 0 fully saturated rings. The molecule has 7 heteroatoms. The van der Waals surface area contributed by atoms with Crippen LogP contribution in [0, 0.1) is 12.8 Å². The van der Waals surface area contributed by atoms with Crippen LogP contribution in [0.5, 0.6) is 0 Å². The molecule has 3 amide bonds. The first-order valence-corrected chi connectivity index (χ1v) is 13.6. The van der Waals surface area contributed by atoms with Crippen molar-refractivity contribution in [3.8, 4) is 0 Å². The van der Waals surface area contributed by atoms with Gasteiger partial charge in [-0.2, -0.15) is 0 Å². The Kier molecular flexibility index (Phi) is 11.8. The summed E-state index contributed by atoms with van der Waals surface area (Å²) in [5, 5.41) is 5.81. The highest BCUT2D eigenvalue weighted by molar-refractivity contribution is 5.92. The summed E-state index contributed by atoms with van der Waals surface area (Å²) < 4.78 is 5.44. The van der Waals surface area contributed by atoms with Crippen LogP contribution >= 0.6 is 0 Å². The Morgan fingerprint density at radius 3 is 2.24 bits per heavy atom. The zero-order valence-electron chi connectivity index (χ0n) is 24.0. The lowest BCUT2D eigenvalue weighted by Gasteiger charge is -2.35. The first-order chi connectivity index (χ1) is 17.9. The quantitative estimate of drug-likeness (QED) is 0.338. The Bertz CT molecular complexity index is 1050. The molecule has 2 rings (SSSR count). The van der Waals surface area contributed by atoms with Crippen LogP contribution in [0.1, 0.15) is 83.5 Å². The highest BCUT2D eigenvalue weighted by Crippen LogP contribution is 2.26. The molecule has 2 unspecified atom stereocenters. The number of nitrogens with one attached hydrogen (secondary N) is 2. The third kappa shape index (κ3) is 9.84. The van der Waals surface area contributed by atoms with E-state index in [9.17, 15) is 14.4 Å². The van der Waals surface area contributed by atoms with E-state index in [-0.39, 0.29) is 17.7 Å². The number of nitrogens with zero attached hydrogens (tertiary/aromatic N) is 1. The fraction of sp³-hybridized carbons (Fsp3) is 0.516. The van der Waals surface area contributed by atoms with E-state index in [0.717, 1.165) is 36.0 Å². The number of carbonyl (C=O) groups excluding carboxylic acids is 3. The van der Waals surface area contributed by atoms with Crippen molar-refractivity contribution < 1.29 is 19.1 Å². The molecular formula is C31H45N3O4. The molecule has 0 aliphatic carbocycles. The molecule has 0 radical (unpaired) electrons. The van der Waals surface area contributed by atoms with Gasteiger partial charge in [0.25, 0.3) is 0 Å². The van der Waals surface area contributed by atoms with Crippen molar-refractivity contribution >= 4 is 17.9 Å². The smallest absolute Gasteiger partial charge is 0.408 e. The lowest BCUT2D eigenvalue weighted by atomic mass is 9.97. The average Bonchev–Trinajstić information content (AvgIpc) is 2.84. The number of rotatable bonds is 12. The number of benzene rings is 2. The second-order valence-corrected chi connectivity index (χ2v) is 11.1. The van der Waals surface area contributed by atoms with E-state index in [4.69, 9.17) is 4.74 Å². The van der Waals surface area contributed by atoms with E-state index in [1.807, 2.05) is 75.4 Å². The summed E-state index contributed by atoms with van der Waals surface area (Å²) in [6.45, 7) is 13.9. The summed E-state index contributed by atoms with van der Waals surface area (Å²) in [6, 6.07) is 15.7. The fourth-order valence-corrected chi connectivity index (χ4v) is 4.22. The molecule has 0 aliphatic heterocycles. The number of hydrogen-bond acceptors (Lipinski definition) is 4. The number of unbranched alkanes of at least 4 members (excludes halogenated alkanes) is 2. The van der Waals surface area contributed by atoms with E-state index in [1.54, 1.807) is 25.7 Å². The molecule has 0 saturated carbocycles. The van der Waals surface area contributed by atoms with Gasteiger partial charge in [-0.15, -0.1) is 0 Å². The van der Waals surface area contributed by atoms with Crippen LogP contribution in [0.4, 0.5) is 4.79 Å². The minimum Gasteiger partial charge on any atom is -0.444 e. The van der Waals surface area contributed by atoms with Crippen LogP contribution < -0.4 is 10.6 Å². The van der Waals surface area contributed by atoms with Crippen molar-refractivity contribution in [2.24, 2.45) is 5.92 Å². The van der Waals surface area contributed by atoms with Crippen molar-refractivity contribution in [2.45, 2.75) is 92.0 Å². The van der Waals surface area contributed by atoms with Crippen molar-refractivity contribution in [1.82, 2.24) is 15.5 Å². The zero-order chi connectivity index (χ0) is 28.3. The normalized spacial score (nSPS) is 12.9. The summed E-state index contributed by atoms with van der Waals surface area (Å²) in [7, 11) is 0. The molecule has 0 heterocycles. The maximum Gasteiger partial charge on any atom is 0.408 e. The predicted octanol–water partition coefficient (Wildman–Crippen LogP) is 5.92. The van der Waals surface area contributed by atoms with E-state index < -0.39 is 23.8 Å². The van der Waals surface area contributed by atoms with Gasteiger partial charge < -0.3 is 20.3 Å². The van der Waals surface area contributed by atoms with Crippen LogP contribution in [0.25, 0.3) is 0 Å². The molecule has 2 N–H and O–H groups in total. The standard InChI is InChI=1S/C31H45N3O4/c1-8-9-13-19-34(29(36)26(22(2)3)33-30(37)38-31(5,6)7)27(25-18-14-15-23(4)20-25)28(35)32-21-24-16-11-10-12-17-24/h10-12,14-18,20,22,26-27H,8-9,13,19,21H2,1-7H3,(H,32,35)(H,33,37). The first-order valence-electron chi connectivity index (χ1n) is 13.6. The minimum absolute atomic E-state index is 0.214. The van der Waals surface area contributed by atoms with Gasteiger partial charge in [0.15, 0.2) is 0 Å². The summed E-state index contributed by atoms with van der Waals surface area (Å²) in [6.07, 6.45) is 1.98. The molecule has 0 aromatic heterocycles. The van der Waals surface area contributed by atoms with E-state index in [2.05, 4.69) is 17.6 Å². The Hall–Kier alpha value is -3.35. The summed E-state index contributed by atoms with van der Waals surface area (Å²) in [4.78, 5) is 42.2. The summed E-state index contributed by atoms with van der Waals surface area (Å²) in [5.74, 6) is -0.776. The first kappa shape index (κ1) is 30.9. The van der Waals surface area contributed by atoms with Gasteiger partial charge in [-0.1, -0.05) is 93.8 Å². The lowest BCUT2D eigenvalue weighted by Crippen LogP contribution is -2.55. The number of hydrogen-bond donors (Lipinski definition) is 2. The predicted molar refractivity (Wildman–Crippen MR) is 151 cm³/mol. The highest BCUT2D eigenvalue weighted by Gasteiger charge is 2.37. The molecule has 2 aromatic rings. The van der Waals surface area contributed by atoms with Crippen LogP contribution in [-0.2, 0) is 20.9 Å². The van der Waals surface area contributed by atoms with Crippen molar-refractivity contribution in [3.05, 3.63) is 71.3 Å². The minimum atomic E-state index is -0.847. The SMILES string of the molecule is CCCCCN(C(=O)C(NC(=O)OC(C)(C)C)C(C)C)C(C(=O)NCc1ccccc1)c1cccc(C)c1. The number of alkyl carbamates (subject to hydrolysis) is 1. The molecule has 0 aliphatic rings. The van der Waals surface area contributed by atoms with E-state index in [1.165, 1.54) is 0 Å². The van der Waals surface area contributed by atoms with Crippen LogP contribution in [0.15, 0.2) is 54.6 Å². The largest absolute Gasteiger partial charge is 0.444 e. The maximum absolute atomic E-state index is 14.1. The Labute approximate surface area is 228 Å². The van der Waals surface area contributed by atoms with Gasteiger partial charge in [0.05, 0.1) is 0 Å². The molecule has 0 saturated heterocycles. The topological polar surface area (TPSA) is 87.7 Å². The molecule has 38 heavy (non-hydrogen) atoms. The van der Waals surface area contributed by atoms with Gasteiger partial charge >= 0.3 is 6.09 Å². The van der Waals surface area contributed by atoms with Crippen molar-refractivity contribution in [2.75, 3.05) is 6.54 Å². The van der Waals surface area contributed by atoms with Gasteiger partial charge in [0.1, 0.15) is 17.7 Å². The Morgan fingerprint density at radius 1 is 0.974 bits per heavy atom. The number of ether oxygens (including phenoxy) is 1. The molecule has 2 atom stereocenters. The Morgan fingerprint density at radius 2 is 1.66 bits per heavy atom. The highest BCUT2D eigenvalue weighted by atomic mass is 16.6. The molecular weight excluding hydrogens is 478 g/mol. The third-order valence-electron chi connectivity index (χ3n) is 6.12. The van der Waals surface area contributed by atoms with Gasteiger partial charge in [-0.3, -0.25) is 9.59 Å². The Balaban J connectivity index is 2.45. The molecule has 2 aromatic carbocycles. The van der Waals surface area contributed by atoms with Crippen molar-refractivity contribution in [1.29, 1.82) is 0 Å². The van der Waals surface area contributed by atoms with Crippen LogP contribution in [-0.4, -0.2) is 41.0 Å². The molecule has 0 bridgehead atoms. The molecule has 208 valence electrons. The van der Waals surface area contributed by atoms with Gasteiger partial charge in [0, 0.05) is 13.1 Å². The number of amides is 3. The van der Waals surface area contributed by atoms with Gasteiger partial charge in [-0.25, -0.2) is 4.79 Å².